The molecule has 1 aromatic rings. The molecule has 0 amide bonds. The van der Waals surface area contributed by atoms with Gasteiger partial charge in [-0.25, -0.2) is 0 Å². The molecule has 15 heavy (non-hydrogen) atoms. The van der Waals surface area contributed by atoms with Gasteiger partial charge in [-0.15, -0.1) is 0 Å². The number of benzene rings is 1. The van der Waals surface area contributed by atoms with Crippen LogP contribution in [0.25, 0.3) is 0 Å². The van der Waals surface area contributed by atoms with E-state index in [9.17, 15) is 4.79 Å². The molecule has 0 bridgehead atoms. The number of hydrogen-bond donors (Lipinski definition) is 0. The lowest BCUT2D eigenvalue weighted by molar-refractivity contribution is -0.124. The first-order valence-corrected chi connectivity index (χ1v) is 5.38. The zero-order valence-corrected chi connectivity index (χ0v) is 9.97. The van der Waals surface area contributed by atoms with E-state index in [1.54, 1.807) is 19.1 Å². The number of hydrogen-bond acceptors (Lipinski definition) is 2. The highest BCUT2D eigenvalue weighted by molar-refractivity contribution is 6.31. The van der Waals surface area contributed by atoms with Gasteiger partial charge in [0.1, 0.15) is 5.75 Å². The Morgan fingerprint density at radius 1 is 1.53 bits per heavy atom. The molecule has 2 nitrogen and oxygen atoms in total. The number of ether oxygens (including phenoxy) is 1. The molecule has 0 aliphatic carbocycles. The van der Waals surface area contributed by atoms with E-state index in [-0.39, 0.29) is 5.78 Å². The molecule has 3 heteroatoms. The van der Waals surface area contributed by atoms with Crippen molar-refractivity contribution < 1.29 is 9.53 Å². The van der Waals surface area contributed by atoms with Gasteiger partial charge in [-0.1, -0.05) is 18.5 Å². The van der Waals surface area contributed by atoms with Gasteiger partial charge in [-0.05, 0) is 37.6 Å². The lowest BCUT2D eigenvalue weighted by Gasteiger charge is -2.13. The average molecular weight is 227 g/mol. The summed E-state index contributed by atoms with van der Waals surface area (Å²) in [7, 11) is 0. The smallest absolute Gasteiger partial charge is 0.172 e. The Balaban J connectivity index is 2.73. The van der Waals surface area contributed by atoms with Gasteiger partial charge in [-0.2, -0.15) is 0 Å². The van der Waals surface area contributed by atoms with E-state index in [1.165, 1.54) is 0 Å². The van der Waals surface area contributed by atoms with Gasteiger partial charge in [0.2, 0.25) is 0 Å². The second-order valence-corrected chi connectivity index (χ2v) is 3.90. The van der Waals surface area contributed by atoms with Gasteiger partial charge in [0.05, 0.1) is 0 Å². The molecule has 0 fully saturated rings. The molecule has 0 aliphatic heterocycles. The highest BCUT2D eigenvalue weighted by atomic mass is 35.5. The maximum atomic E-state index is 11.3. The molecule has 1 rings (SSSR count). The van der Waals surface area contributed by atoms with Crippen LogP contribution in [0.4, 0.5) is 0 Å². The minimum Gasteiger partial charge on any atom is -0.483 e. The first-order chi connectivity index (χ1) is 7.04. The van der Waals surface area contributed by atoms with Crippen LogP contribution in [0.3, 0.4) is 0 Å². The lowest BCUT2D eigenvalue weighted by atomic mass is 10.2. The fourth-order valence-corrected chi connectivity index (χ4v) is 1.37. The van der Waals surface area contributed by atoms with Gasteiger partial charge in [0, 0.05) is 11.4 Å². The molecule has 0 spiro atoms. The van der Waals surface area contributed by atoms with Gasteiger partial charge >= 0.3 is 0 Å². The van der Waals surface area contributed by atoms with E-state index in [1.807, 2.05) is 19.9 Å². The molecular weight excluding hydrogens is 212 g/mol. The Morgan fingerprint density at radius 3 is 2.73 bits per heavy atom. The van der Waals surface area contributed by atoms with Gasteiger partial charge < -0.3 is 4.74 Å². The summed E-state index contributed by atoms with van der Waals surface area (Å²) in [6.07, 6.45) is 0.101. The second kappa shape index (κ2) is 5.17. The van der Waals surface area contributed by atoms with Crippen molar-refractivity contribution in [3.05, 3.63) is 28.8 Å². The molecule has 82 valence electrons. The second-order valence-electron chi connectivity index (χ2n) is 3.49. The standard InChI is InChI=1S/C12H15ClO2/c1-4-12(14)9(3)15-10-5-6-11(13)8(2)7-10/h5-7,9H,4H2,1-3H3. The van der Waals surface area contributed by atoms with Gasteiger partial charge in [-0.3, -0.25) is 4.79 Å². The van der Waals surface area contributed by atoms with E-state index in [2.05, 4.69) is 0 Å². The van der Waals surface area contributed by atoms with Crippen molar-refractivity contribution in [3.63, 3.8) is 0 Å². The molecule has 1 unspecified atom stereocenters. The number of Topliss-reactive ketones (excluding diaryl/α,β-unsaturated/α-hetero) is 1. The van der Waals surface area contributed by atoms with Crippen LogP contribution < -0.4 is 4.74 Å². The Morgan fingerprint density at radius 2 is 2.20 bits per heavy atom. The molecule has 0 aliphatic rings. The zero-order valence-electron chi connectivity index (χ0n) is 9.21. The maximum absolute atomic E-state index is 11.3. The van der Waals surface area contributed by atoms with Crippen molar-refractivity contribution >= 4 is 17.4 Å². The third-order valence-electron chi connectivity index (χ3n) is 2.24. The number of aryl methyl sites for hydroxylation is 1. The summed E-state index contributed by atoms with van der Waals surface area (Å²) in [5.41, 5.74) is 0.949. The van der Waals surface area contributed by atoms with Crippen molar-refractivity contribution in [2.45, 2.75) is 33.3 Å². The summed E-state index contributed by atoms with van der Waals surface area (Å²) in [5, 5.41) is 0.705. The summed E-state index contributed by atoms with van der Waals surface area (Å²) < 4.78 is 5.49. The fraction of sp³-hybridized carbons (Fsp3) is 0.417. The number of rotatable bonds is 4. The van der Waals surface area contributed by atoms with Crippen LogP contribution in [-0.2, 0) is 4.79 Å². The van der Waals surface area contributed by atoms with Crippen molar-refractivity contribution in [1.82, 2.24) is 0 Å². The summed E-state index contributed by atoms with van der Waals surface area (Å²) in [4.78, 5) is 11.3. The first kappa shape index (κ1) is 12.1. The number of ketones is 1. The number of halogens is 1. The van der Waals surface area contributed by atoms with Crippen LogP contribution in [0.5, 0.6) is 5.75 Å². The van der Waals surface area contributed by atoms with Crippen molar-refractivity contribution in [2.24, 2.45) is 0 Å². The van der Waals surface area contributed by atoms with E-state index in [4.69, 9.17) is 16.3 Å². The molecule has 0 saturated heterocycles. The first-order valence-electron chi connectivity index (χ1n) is 5.00. The summed E-state index contributed by atoms with van der Waals surface area (Å²) in [5.74, 6) is 0.786. The Bertz CT molecular complexity index is 361. The third kappa shape index (κ3) is 3.24. The summed E-state index contributed by atoms with van der Waals surface area (Å²) in [6, 6.07) is 5.38. The van der Waals surface area contributed by atoms with E-state index >= 15 is 0 Å². The van der Waals surface area contributed by atoms with Crippen molar-refractivity contribution in [2.75, 3.05) is 0 Å². The monoisotopic (exact) mass is 226 g/mol. The molecular formula is C12H15ClO2. The highest BCUT2D eigenvalue weighted by Gasteiger charge is 2.12. The minimum atomic E-state index is -0.393. The summed E-state index contributed by atoms with van der Waals surface area (Å²) in [6.45, 7) is 5.49. The number of carbonyl (C=O) groups excluding carboxylic acids is 1. The lowest BCUT2D eigenvalue weighted by Crippen LogP contribution is -2.22. The molecule has 0 N–H and O–H groups in total. The molecule has 1 atom stereocenters. The van der Waals surface area contributed by atoms with E-state index in [0.717, 1.165) is 5.56 Å². The predicted molar refractivity (Wildman–Crippen MR) is 61.6 cm³/mol. The minimum absolute atomic E-state index is 0.0996. The third-order valence-corrected chi connectivity index (χ3v) is 2.67. The van der Waals surface area contributed by atoms with Crippen LogP contribution in [0.2, 0.25) is 5.02 Å². The fourth-order valence-electron chi connectivity index (χ4n) is 1.25. The molecule has 0 saturated carbocycles. The van der Waals surface area contributed by atoms with E-state index < -0.39 is 6.10 Å². The average Bonchev–Trinajstić information content (AvgIpc) is 2.22. The molecule has 0 heterocycles. The van der Waals surface area contributed by atoms with Crippen LogP contribution in [-0.4, -0.2) is 11.9 Å². The Kier molecular flexibility index (Phi) is 4.15. The van der Waals surface area contributed by atoms with Crippen LogP contribution in [0, 0.1) is 6.92 Å². The number of carbonyl (C=O) groups is 1. The van der Waals surface area contributed by atoms with Crippen LogP contribution >= 0.6 is 11.6 Å². The normalized spacial score (nSPS) is 12.3. The Hall–Kier alpha value is -1.02. The van der Waals surface area contributed by atoms with Crippen molar-refractivity contribution in [3.8, 4) is 5.75 Å². The topological polar surface area (TPSA) is 26.3 Å². The molecule has 1 aromatic carbocycles. The summed E-state index contributed by atoms with van der Waals surface area (Å²) >= 11 is 5.88. The zero-order chi connectivity index (χ0) is 11.4. The largest absolute Gasteiger partial charge is 0.483 e. The maximum Gasteiger partial charge on any atom is 0.172 e. The van der Waals surface area contributed by atoms with Crippen molar-refractivity contribution in [1.29, 1.82) is 0 Å². The quantitative estimate of drug-likeness (QED) is 0.787. The van der Waals surface area contributed by atoms with Gasteiger partial charge in [0.25, 0.3) is 0 Å². The van der Waals surface area contributed by atoms with Crippen LogP contribution in [0.15, 0.2) is 18.2 Å². The predicted octanol–water partition coefficient (Wildman–Crippen LogP) is 3.39. The van der Waals surface area contributed by atoms with Crippen LogP contribution in [0.1, 0.15) is 25.8 Å². The highest BCUT2D eigenvalue weighted by Crippen LogP contribution is 2.22. The van der Waals surface area contributed by atoms with Gasteiger partial charge in [0.15, 0.2) is 11.9 Å². The Labute approximate surface area is 95.2 Å². The molecule has 0 aromatic heterocycles. The SMILES string of the molecule is CCC(=O)C(C)Oc1ccc(Cl)c(C)c1. The molecule has 0 radical (unpaired) electrons. The van der Waals surface area contributed by atoms with E-state index in [0.29, 0.717) is 17.2 Å².